The molecule has 6 rings (SSSR count). The second-order valence-corrected chi connectivity index (χ2v) is 11.0. The molecule has 5 aromatic rings. The number of piperazine rings is 1. The maximum atomic E-state index is 13.8. The van der Waals surface area contributed by atoms with Crippen LogP contribution < -0.4 is 15.5 Å². The smallest absolute Gasteiger partial charge is 0.369 e. The zero-order chi connectivity index (χ0) is 31.0. The lowest BCUT2D eigenvalue weighted by atomic mass is 10.1. The van der Waals surface area contributed by atoms with Crippen molar-refractivity contribution in [3.63, 3.8) is 0 Å². The quantitative estimate of drug-likeness (QED) is 0.243. The van der Waals surface area contributed by atoms with E-state index in [1.54, 1.807) is 36.7 Å². The molecule has 1 aliphatic rings. The molecule has 3 aromatic heterocycles. The highest BCUT2D eigenvalue weighted by atomic mass is 19.4. The standard InChI is InChI=1S/C32H31F3N8O/c1-20-6-7-21(31(44)37-24-16-23(32(33,34)35)17-25(18-24)43-13-11-41(2)12-14-43)15-27(20)38-29-26-8-10-42(3)30(26)40-28(39-29)22-5-4-9-36-19-22/h4-10,15-19H,11-14H2,1-3H3,(H,37,44)(H,38,39,40). The third-order valence-corrected chi connectivity index (χ3v) is 7.77. The molecule has 0 spiro atoms. The fourth-order valence-electron chi connectivity index (χ4n) is 5.18. The van der Waals surface area contributed by atoms with Crippen LogP contribution in [0.25, 0.3) is 22.4 Å². The molecule has 0 aliphatic carbocycles. The Morgan fingerprint density at radius 2 is 1.75 bits per heavy atom. The lowest BCUT2D eigenvalue weighted by molar-refractivity contribution is -0.137. The maximum absolute atomic E-state index is 13.8. The van der Waals surface area contributed by atoms with E-state index < -0.39 is 17.6 Å². The number of aryl methyl sites for hydroxylation is 2. The van der Waals surface area contributed by atoms with Crippen LogP contribution in [0.2, 0.25) is 0 Å². The number of carbonyl (C=O) groups excluding carboxylic acids is 1. The van der Waals surface area contributed by atoms with Crippen LogP contribution in [0.3, 0.4) is 0 Å². The van der Waals surface area contributed by atoms with E-state index in [0.717, 1.165) is 41.7 Å². The van der Waals surface area contributed by atoms with E-state index >= 15 is 0 Å². The Hall–Kier alpha value is -4.97. The number of rotatable bonds is 6. The molecule has 226 valence electrons. The van der Waals surface area contributed by atoms with Gasteiger partial charge in [0.25, 0.3) is 5.91 Å². The number of benzene rings is 2. The second-order valence-electron chi connectivity index (χ2n) is 11.0. The molecule has 1 saturated heterocycles. The van der Waals surface area contributed by atoms with Crippen LogP contribution in [-0.4, -0.2) is 63.6 Å². The summed E-state index contributed by atoms with van der Waals surface area (Å²) in [7, 11) is 3.87. The molecule has 0 unspecified atom stereocenters. The number of aromatic nitrogens is 4. The first-order valence-electron chi connectivity index (χ1n) is 14.1. The van der Waals surface area contributed by atoms with Gasteiger partial charge in [-0.05, 0) is 68.1 Å². The number of fused-ring (bicyclic) bond motifs is 1. The van der Waals surface area contributed by atoms with Gasteiger partial charge < -0.3 is 25.0 Å². The summed E-state index contributed by atoms with van der Waals surface area (Å²) in [6, 6.07) is 14.4. The van der Waals surface area contributed by atoms with Crippen molar-refractivity contribution >= 4 is 39.8 Å². The average molecular weight is 601 g/mol. The topological polar surface area (TPSA) is 91.2 Å². The van der Waals surface area contributed by atoms with Crippen LogP contribution in [0.1, 0.15) is 21.5 Å². The summed E-state index contributed by atoms with van der Waals surface area (Å²) in [4.78, 5) is 31.1. The lowest BCUT2D eigenvalue weighted by Gasteiger charge is -2.34. The van der Waals surface area contributed by atoms with Gasteiger partial charge in [0.15, 0.2) is 5.82 Å². The second kappa shape index (κ2) is 11.6. The molecule has 4 heterocycles. The van der Waals surface area contributed by atoms with Gasteiger partial charge in [-0.3, -0.25) is 9.78 Å². The van der Waals surface area contributed by atoms with Gasteiger partial charge in [0, 0.05) is 80.0 Å². The van der Waals surface area contributed by atoms with Gasteiger partial charge in [0.2, 0.25) is 0 Å². The Bertz CT molecular complexity index is 1830. The van der Waals surface area contributed by atoms with Crippen LogP contribution in [0, 0.1) is 6.92 Å². The van der Waals surface area contributed by atoms with E-state index in [0.29, 0.717) is 41.8 Å². The summed E-state index contributed by atoms with van der Waals surface area (Å²) >= 11 is 0. The van der Waals surface area contributed by atoms with Gasteiger partial charge in [-0.25, -0.2) is 9.97 Å². The highest BCUT2D eigenvalue weighted by Crippen LogP contribution is 2.35. The predicted octanol–water partition coefficient (Wildman–Crippen LogP) is 6.11. The number of hydrogen-bond donors (Lipinski definition) is 2. The number of nitrogens with zero attached hydrogens (tertiary/aromatic N) is 6. The first kappa shape index (κ1) is 29.1. The molecule has 2 N–H and O–H groups in total. The van der Waals surface area contributed by atoms with E-state index in [1.807, 2.05) is 54.9 Å². The molecule has 9 nitrogen and oxygen atoms in total. The molecular weight excluding hydrogens is 569 g/mol. The van der Waals surface area contributed by atoms with Crippen molar-refractivity contribution in [2.24, 2.45) is 7.05 Å². The lowest BCUT2D eigenvalue weighted by Crippen LogP contribution is -2.44. The fourth-order valence-corrected chi connectivity index (χ4v) is 5.18. The third-order valence-electron chi connectivity index (χ3n) is 7.77. The minimum atomic E-state index is -4.56. The maximum Gasteiger partial charge on any atom is 0.416 e. The summed E-state index contributed by atoms with van der Waals surface area (Å²) in [5.74, 6) is 0.507. The van der Waals surface area contributed by atoms with Crippen LogP contribution in [0.5, 0.6) is 0 Å². The van der Waals surface area contributed by atoms with Gasteiger partial charge in [-0.1, -0.05) is 6.07 Å². The van der Waals surface area contributed by atoms with E-state index in [2.05, 4.69) is 20.5 Å². The number of amides is 1. The van der Waals surface area contributed by atoms with Crippen molar-refractivity contribution < 1.29 is 18.0 Å². The molecular formula is C32H31F3N8O. The van der Waals surface area contributed by atoms with Crippen molar-refractivity contribution in [1.82, 2.24) is 24.4 Å². The van der Waals surface area contributed by atoms with Gasteiger partial charge in [-0.2, -0.15) is 13.2 Å². The SMILES string of the molecule is Cc1ccc(C(=O)Nc2cc(N3CCN(C)CC3)cc(C(F)(F)F)c2)cc1Nc1nc(-c2cccnc2)nc2c1ccn2C. The molecule has 0 atom stereocenters. The summed E-state index contributed by atoms with van der Waals surface area (Å²) < 4.78 is 43.4. The van der Waals surface area contributed by atoms with Gasteiger partial charge >= 0.3 is 6.18 Å². The van der Waals surface area contributed by atoms with Crippen LogP contribution in [0.15, 0.2) is 73.2 Å². The predicted molar refractivity (Wildman–Crippen MR) is 165 cm³/mol. The molecule has 44 heavy (non-hydrogen) atoms. The fraction of sp³-hybridized carbons (Fsp3) is 0.250. The zero-order valence-corrected chi connectivity index (χ0v) is 24.5. The van der Waals surface area contributed by atoms with E-state index in [1.165, 1.54) is 0 Å². The average Bonchev–Trinajstić information content (AvgIpc) is 3.39. The Kier molecular flexibility index (Phi) is 7.68. The van der Waals surface area contributed by atoms with Crippen LogP contribution in [-0.2, 0) is 13.2 Å². The van der Waals surface area contributed by atoms with Crippen LogP contribution in [0.4, 0.5) is 36.1 Å². The number of likely N-dealkylation sites (N-methyl/N-ethyl adjacent to an activating group) is 1. The number of alkyl halides is 3. The number of halogens is 3. The number of anilines is 4. The number of pyridine rings is 1. The van der Waals surface area contributed by atoms with Crippen molar-refractivity contribution in [1.29, 1.82) is 0 Å². The molecule has 0 radical (unpaired) electrons. The third kappa shape index (κ3) is 6.06. The minimum absolute atomic E-state index is 0.0803. The van der Waals surface area contributed by atoms with Gasteiger partial charge in [0.1, 0.15) is 11.5 Å². The first-order valence-corrected chi connectivity index (χ1v) is 14.1. The minimum Gasteiger partial charge on any atom is -0.369 e. The Morgan fingerprint density at radius 3 is 2.48 bits per heavy atom. The van der Waals surface area contributed by atoms with E-state index in [-0.39, 0.29) is 11.3 Å². The number of hydrogen-bond acceptors (Lipinski definition) is 7. The van der Waals surface area contributed by atoms with Crippen LogP contribution >= 0.6 is 0 Å². The number of nitrogens with one attached hydrogen (secondary N) is 2. The normalized spacial score (nSPS) is 14.2. The summed E-state index contributed by atoms with van der Waals surface area (Å²) in [6.07, 6.45) is 0.695. The molecule has 0 bridgehead atoms. The Balaban J connectivity index is 1.30. The van der Waals surface area contributed by atoms with E-state index in [9.17, 15) is 18.0 Å². The van der Waals surface area contributed by atoms with Crippen molar-refractivity contribution in [2.75, 3.05) is 48.8 Å². The highest BCUT2D eigenvalue weighted by Gasteiger charge is 2.32. The molecule has 12 heteroatoms. The molecule has 2 aromatic carbocycles. The summed E-state index contributed by atoms with van der Waals surface area (Å²) in [5.41, 5.74) is 2.92. The highest BCUT2D eigenvalue weighted by molar-refractivity contribution is 6.05. The Labute approximate surface area is 252 Å². The monoisotopic (exact) mass is 600 g/mol. The summed E-state index contributed by atoms with van der Waals surface area (Å²) in [5, 5.41) is 6.84. The molecule has 1 amide bonds. The van der Waals surface area contributed by atoms with Gasteiger partial charge in [-0.15, -0.1) is 0 Å². The van der Waals surface area contributed by atoms with E-state index in [4.69, 9.17) is 9.97 Å². The van der Waals surface area contributed by atoms with Gasteiger partial charge in [0.05, 0.1) is 10.9 Å². The Morgan fingerprint density at radius 1 is 0.955 bits per heavy atom. The zero-order valence-electron chi connectivity index (χ0n) is 24.5. The molecule has 1 aliphatic heterocycles. The van der Waals surface area contributed by atoms with Crippen molar-refractivity contribution in [2.45, 2.75) is 13.1 Å². The van der Waals surface area contributed by atoms with Crippen molar-refractivity contribution in [3.8, 4) is 11.4 Å². The van der Waals surface area contributed by atoms with Crippen molar-refractivity contribution in [3.05, 3.63) is 89.9 Å². The largest absolute Gasteiger partial charge is 0.416 e. The summed E-state index contributed by atoms with van der Waals surface area (Å²) in [6.45, 7) is 4.56. The first-order chi connectivity index (χ1) is 21.0. The number of carbonyl (C=O) groups is 1. The molecule has 0 saturated carbocycles. The molecule has 1 fully saturated rings.